The molecular weight excluding hydrogens is 290 g/mol. The molecule has 1 saturated heterocycles. The Hall–Kier alpha value is -1.07. The van der Waals surface area contributed by atoms with E-state index in [-0.39, 0.29) is 17.7 Å². The largest absolute Gasteiger partial charge is 0.378 e. The minimum atomic E-state index is -0.103. The summed E-state index contributed by atoms with van der Waals surface area (Å²) in [5, 5.41) is 7.89. The third-order valence-electron chi connectivity index (χ3n) is 4.49. The highest BCUT2D eigenvalue weighted by molar-refractivity contribution is 6.33. The summed E-state index contributed by atoms with van der Waals surface area (Å²) >= 11 is 6.17. The lowest BCUT2D eigenvalue weighted by atomic mass is 9.85. The van der Waals surface area contributed by atoms with E-state index in [2.05, 4.69) is 17.3 Å². The summed E-state index contributed by atoms with van der Waals surface area (Å²) in [6, 6.07) is 0.235. The standard InChI is InChI=1S/C15H22ClN3O2/c1-10-7-12(5-6-21-10)18-14-13(16)8-17-19(15(14)20)9-11-3-2-4-11/h8,10-12,18H,2-7,9H2,1H3. The number of halogens is 1. The number of ether oxygens (including phenoxy) is 1. The summed E-state index contributed by atoms with van der Waals surface area (Å²) in [6.45, 7) is 3.48. The van der Waals surface area contributed by atoms with Gasteiger partial charge < -0.3 is 10.1 Å². The van der Waals surface area contributed by atoms with E-state index < -0.39 is 0 Å². The van der Waals surface area contributed by atoms with E-state index in [1.165, 1.54) is 19.3 Å². The minimum Gasteiger partial charge on any atom is -0.378 e. The van der Waals surface area contributed by atoms with Gasteiger partial charge in [0.1, 0.15) is 5.69 Å². The van der Waals surface area contributed by atoms with Crippen LogP contribution in [0.5, 0.6) is 0 Å². The summed E-state index contributed by atoms with van der Waals surface area (Å²) < 4.78 is 7.09. The van der Waals surface area contributed by atoms with Gasteiger partial charge in [-0.3, -0.25) is 4.79 Å². The van der Waals surface area contributed by atoms with Crippen molar-refractivity contribution in [2.75, 3.05) is 11.9 Å². The molecule has 5 nitrogen and oxygen atoms in total. The Bertz CT molecular complexity index is 556. The van der Waals surface area contributed by atoms with Crippen molar-refractivity contribution in [1.82, 2.24) is 9.78 Å². The van der Waals surface area contributed by atoms with Gasteiger partial charge in [-0.1, -0.05) is 18.0 Å². The topological polar surface area (TPSA) is 56.2 Å². The summed E-state index contributed by atoms with van der Waals surface area (Å²) in [4.78, 5) is 12.5. The average Bonchev–Trinajstić information content (AvgIpc) is 2.41. The molecule has 1 aromatic rings. The highest BCUT2D eigenvalue weighted by Gasteiger charge is 2.23. The molecule has 0 amide bonds. The van der Waals surface area contributed by atoms with Crippen molar-refractivity contribution in [3.05, 3.63) is 21.6 Å². The van der Waals surface area contributed by atoms with E-state index >= 15 is 0 Å². The maximum absolute atomic E-state index is 12.5. The first-order chi connectivity index (χ1) is 10.1. The Morgan fingerprint density at radius 2 is 2.29 bits per heavy atom. The molecule has 21 heavy (non-hydrogen) atoms. The Labute approximate surface area is 129 Å². The molecule has 2 aliphatic rings. The maximum atomic E-state index is 12.5. The normalized spacial score (nSPS) is 26.4. The zero-order valence-corrected chi connectivity index (χ0v) is 13.1. The number of nitrogens with zero attached hydrogens (tertiary/aromatic N) is 2. The van der Waals surface area contributed by atoms with Gasteiger partial charge in [-0.25, -0.2) is 4.68 Å². The molecule has 1 aromatic heterocycles. The highest BCUT2D eigenvalue weighted by atomic mass is 35.5. The number of hydrogen-bond donors (Lipinski definition) is 1. The predicted molar refractivity (Wildman–Crippen MR) is 82.9 cm³/mol. The van der Waals surface area contributed by atoms with E-state index in [4.69, 9.17) is 16.3 Å². The smallest absolute Gasteiger partial charge is 0.291 e. The van der Waals surface area contributed by atoms with Gasteiger partial charge in [-0.15, -0.1) is 0 Å². The zero-order valence-electron chi connectivity index (χ0n) is 12.3. The lowest BCUT2D eigenvalue weighted by Crippen LogP contribution is -2.36. The van der Waals surface area contributed by atoms with Gasteiger partial charge in [0.05, 0.1) is 17.3 Å². The van der Waals surface area contributed by atoms with Crippen molar-refractivity contribution in [3.8, 4) is 0 Å². The van der Waals surface area contributed by atoms with Crippen LogP contribution in [0.25, 0.3) is 0 Å². The molecule has 1 saturated carbocycles. The van der Waals surface area contributed by atoms with Gasteiger partial charge in [0.25, 0.3) is 5.56 Å². The second-order valence-electron chi connectivity index (χ2n) is 6.20. The monoisotopic (exact) mass is 311 g/mol. The first-order valence-corrected chi connectivity index (χ1v) is 8.15. The number of hydrogen-bond acceptors (Lipinski definition) is 4. The zero-order chi connectivity index (χ0) is 14.8. The minimum absolute atomic E-state index is 0.103. The first kappa shape index (κ1) is 14.9. The van der Waals surface area contributed by atoms with Crippen LogP contribution in [0.4, 0.5) is 5.69 Å². The van der Waals surface area contributed by atoms with Crippen LogP contribution in [0.3, 0.4) is 0 Å². The van der Waals surface area contributed by atoms with Gasteiger partial charge in [0.15, 0.2) is 0 Å². The molecular formula is C15H22ClN3O2. The van der Waals surface area contributed by atoms with Crippen LogP contribution in [0, 0.1) is 5.92 Å². The molecule has 1 aliphatic carbocycles. The molecule has 0 radical (unpaired) electrons. The lowest BCUT2D eigenvalue weighted by molar-refractivity contribution is 0.0232. The first-order valence-electron chi connectivity index (χ1n) is 7.77. The summed E-state index contributed by atoms with van der Waals surface area (Å²) in [6.07, 6.45) is 7.22. The van der Waals surface area contributed by atoms with Crippen molar-refractivity contribution < 1.29 is 4.74 Å². The van der Waals surface area contributed by atoms with Crippen LogP contribution in [0.2, 0.25) is 5.02 Å². The molecule has 2 heterocycles. The van der Waals surface area contributed by atoms with Gasteiger partial charge in [-0.2, -0.15) is 5.10 Å². The third kappa shape index (κ3) is 3.40. The van der Waals surface area contributed by atoms with Crippen LogP contribution < -0.4 is 10.9 Å². The van der Waals surface area contributed by atoms with Gasteiger partial charge in [0, 0.05) is 19.2 Å². The number of anilines is 1. The fourth-order valence-electron chi connectivity index (χ4n) is 2.98. The molecule has 3 rings (SSSR count). The summed E-state index contributed by atoms with van der Waals surface area (Å²) in [7, 11) is 0. The van der Waals surface area contributed by atoms with Crippen LogP contribution in [0.15, 0.2) is 11.0 Å². The molecule has 0 aromatic carbocycles. The van der Waals surface area contributed by atoms with E-state index in [0.29, 0.717) is 23.2 Å². The van der Waals surface area contributed by atoms with Crippen molar-refractivity contribution in [2.45, 2.75) is 57.7 Å². The maximum Gasteiger partial charge on any atom is 0.291 e. The van der Waals surface area contributed by atoms with Crippen LogP contribution in [-0.4, -0.2) is 28.5 Å². The molecule has 0 spiro atoms. The van der Waals surface area contributed by atoms with E-state index in [1.807, 2.05) is 0 Å². The SMILES string of the molecule is CC1CC(Nc2c(Cl)cnn(CC3CCC3)c2=O)CCO1. The number of aromatic nitrogens is 2. The molecule has 2 fully saturated rings. The predicted octanol–water partition coefficient (Wildman–Crippen LogP) is 2.68. The fourth-order valence-corrected chi connectivity index (χ4v) is 3.16. The van der Waals surface area contributed by atoms with Crippen molar-refractivity contribution in [2.24, 2.45) is 5.92 Å². The van der Waals surface area contributed by atoms with Gasteiger partial charge in [-0.05, 0) is 38.5 Å². The Morgan fingerprint density at radius 1 is 1.48 bits per heavy atom. The van der Waals surface area contributed by atoms with E-state index in [0.717, 1.165) is 19.4 Å². The molecule has 1 N–H and O–H groups in total. The van der Waals surface area contributed by atoms with E-state index in [1.54, 1.807) is 10.9 Å². The Balaban J connectivity index is 1.76. The van der Waals surface area contributed by atoms with Gasteiger partial charge >= 0.3 is 0 Å². The Kier molecular flexibility index (Phi) is 4.50. The molecule has 0 bridgehead atoms. The molecule has 116 valence electrons. The second-order valence-corrected chi connectivity index (χ2v) is 6.61. The van der Waals surface area contributed by atoms with Crippen LogP contribution in [-0.2, 0) is 11.3 Å². The second kappa shape index (κ2) is 6.36. The van der Waals surface area contributed by atoms with Gasteiger partial charge in [0.2, 0.25) is 0 Å². The number of rotatable bonds is 4. The summed E-state index contributed by atoms with van der Waals surface area (Å²) in [5.74, 6) is 0.590. The van der Waals surface area contributed by atoms with Crippen molar-refractivity contribution >= 4 is 17.3 Å². The molecule has 2 unspecified atom stereocenters. The average molecular weight is 312 g/mol. The quantitative estimate of drug-likeness (QED) is 0.929. The van der Waals surface area contributed by atoms with Crippen molar-refractivity contribution in [3.63, 3.8) is 0 Å². The fraction of sp³-hybridized carbons (Fsp3) is 0.733. The molecule has 2 atom stereocenters. The van der Waals surface area contributed by atoms with E-state index in [9.17, 15) is 4.79 Å². The number of nitrogens with one attached hydrogen (secondary N) is 1. The molecule has 1 aliphatic heterocycles. The third-order valence-corrected chi connectivity index (χ3v) is 4.77. The Morgan fingerprint density at radius 3 is 2.95 bits per heavy atom. The van der Waals surface area contributed by atoms with Crippen LogP contribution >= 0.6 is 11.6 Å². The van der Waals surface area contributed by atoms with Crippen LogP contribution in [0.1, 0.15) is 39.0 Å². The summed E-state index contributed by atoms with van der Waals surface area (Å²) in [5.41, 5.74) is 0.388. The molecule has 6 heteroatoms. The lowest BCUT2D eigenvalue weighted by Gasteiger charge is -2.29. The highest BCUT2D eigenvalue weighted by Crippen LogP contribution is 2.28. The van der Waals surface area contributed by atoms with Crippen molar-refractivity contribution in [1.29, 1.82) is 0 Å².